The Balaban J connectivity index is 0.000000337. The topological polar surface area (TPSA) is 94.6 Å². The van der Waals surface area contributed by atoms with Gasteiger partial charge in [0, 0.05) is 74.8 Å². The van der Waals surface area contributed by atoms with E-state index in [1.54, 1.807) is 19.1 Å². The number of carbonyl (C=O) groups is 3. The number of ketones is 1. The largest absolute Gasteiger partial charge is 0.355 e. The Bertz CT molecular complexity index is 1330. The number of nitrogens with zero attached hydrogens (tertiary/aromatic N) is 3. The lowest BCUT2D eigenvalue weighted by Gasteiger charge is -2.34. The fourth-order valence-electron chi connectivity index (χ4n) is 5.15. The predicted octanol–water partition coefficient (Wildman–Crippen LogP) is 4.04. The molecule has 8 nitrogen and oxygen atoms in total. The monoisotopic (exact) mass is 577 g/mol. The van der Waals surface area contributed by atoms with Gasteiger partial charge in [-0.1, -0.05) is 36.4 Å². The van der Waals surface area contributed by atoms with Crippen LogP contribution in [0.25, 0.3) is 10.8 Å². The number of carbonyl (C=O) groups excluding carboxylic acids is 3. The first-order valence-electron chi connectivity index (χ1n) is 14.6. The van der Waals surface area contributed by atoms with E-state index in [2.05, 4.69) is 27.4 Å². The van der Waals surface area contributed by atoms with Gasteiger partial charge >= 0.3 is 0 Å². The van der Waals surface area contributed by atoms with E-state index in [0.29, 0.717) is 37.8 Å². The molecule has 2 heterocycles. The van der Waals surface area contributed by atoms with Gasteiger partial charge in [0.1, 0.15) is 11.6 Å². The van der Waals surface area contributed by atoms with E-state index in [4.69, 9.17) is 0 Å². The summed E-state index contributed by atoms with van der Waals surface area (Å²) in [5.74, 6) is 0.189. The van der Waals surface area contributed by atoms with Crippen LogP contribution < -0.4 is 10.6 Å². The van der Waals surface area contributed by atoms with E-state index in [1.165, 1.54) is 6.07 Å². The van der Waals surface area contributed by atoms with Crippen molar-refractivity contribution in [3.63, 3.8) is 0 Å². The zero-order valence-corrected chi connectivity index (χ0v) is 25.2. The first kappa shape index (κ1) is 32.8. The van der Waals surface area contributed by atoms with Crippen molar-refractivity contribution in [2.24, 2.45) is 0 Å². The molecule has 4 rings (SSSR count). The molecule has 2 atom stereocenters. The molecule has 2 aromatic carbocycles. The van der Waals surface area contributed by atoms with Gasteiger partial charge in [-0.05, 0) is 69.4 Å². The lowest BCUT2D eigenvalue weighted by molar-refractivity contribution is -0.134. The van der Waals surface area contributed by atoms with E-state index < -0.39 is 0 Å². The number of hydrogen-bond donors (Lipinski definition) is 2. The number of hydrogen-bond acceptors (Lipinski definition) is 6. The van der Waals surface area contributed by atoms with Crippen LogP contribution in [0.5, 0.6) is 0 Å². The molecule has 226 valence electrons. The van der Waals surface area contributed by atoms with Crippen LogP contribution in [-0.4, -0.2) is 78.7 Å². The SMILES string of the molecule is CC1CNCCN1C(=O)CCC(CCC(=O)Cc1cc2ccccc2cn1)N(C)C.Cc1c(F)cccc1CNC=O. The molecule has 1 saturated heterocycles. The fraction of sp³-hybridized carbons (Fsp3) is 0.455. The van der Waals surface area contributed by atoms with Gasteiger partial charge in [0.25, 0.3) is 0 Å². The maximum atomic E-state index is 12.9. The van der Waals surface area contributed by atoms with Crippen LogP contribution in [0.4, 0.5) is 4.39 Å². The predicted molar refractivity (Wildman–Crippen MR) is 164 cm³/mol. The van der Waals surface area contributed by atoms with Gasteiger partial charge in [-0.25, -0.2) is 4.39 Å². The number of Topliss-reactive ketones (excluding diaryl/α,β-unsaturated/α-hetero) is 1. The van der Waals surface area contributed by atoms with Gasteiger partial charge in [0.05, 0.1) is 0 Å². The van der Waals surface area contributed by atoms with Crippen molar-refractivity contribution in [1.29, 1.82) is 0 Å². The Hall–Kier alpha value is -3.69. The van der Waals surface area contributed by atoms with Crippen LogP contribution in [-0.2, 0) is 27.3 Å². The Morgan fingerprint density at radius 2 is 1.88 bits per heavy atom. The van der Waals surface area contributed by atoms with Crippen molar-refractivity contribution in [1.82, 2.24) is 25.4 Å². The summed E-state index contributed by atoms with van der Waals surface area (Å²) in [5.41, 5.74) is 2.22. The van der Waals surface area contributed by atoms with Crippen molar-refractivity contribution >= 4 is 28.9 Å². The van der Waals surface area contributed by atoms with Gasteiger partial charge in [-0.3, -0.25) is 19.4 Å². The summed E-state index contributed by atoms with van der Waals surface area (Å²) in [7, 11) is 4.05. The molecule has 0 saturated carbocycles. The Labute approximate surface area is 248 Å². The smallest absolute Gasteiger partial charge is 0.222 e. The number of halogens is 1. The van der Waals surface area contributed by atoms with E-state index in [0.717, 1.165) is 54.5 Å². The molecule has 0 aliphatic carbocycles. The minimum atomic E-state index is -0.236. The van der Waals surface area contributed by atoms with Gasteiger partial charge in [0.2, 0.25) is 12.3 Å². The maximum Gasteiger partial charge on any atom is 0.222 e. The molecule has 0 spiro atoms. The van der Waals surface area contributed by atoms with Crippen molar-refractivity contribution in [3.8, 4) is 0 Å². The van der Waals surface area contributed by atoms with Crippen LogP contribution in [0.3, 0.4) is 0 Å². The van der Waals surface area contributed by atoms with E-state index in [9.17, 15) is 18.8 Å². The molecule has 3 aromatic rings. The molecule has 0 radical (unpaired) electrons. The van der Waals surface area contributed by atoms with Crippen molar-refractivity contribution in [2.75, 3.05) is 33.7 Å². The molecule has 1 aromatic heterocycles. The van der Waals surface area contributed by atoms with Crippen LogP contribution in [0.1, 0.15) is 49.4 Å². The van der Waals surface area contributed by atoms with Crippen molar-refractivity contribution in [2.45, 2.75) is 64.6 Å². The molecule has 0 bridgehead atoms. The molecule has 2 unspecified atom stereocenters. The van der Waals surface area contributed by atoms with Crippen LogP contribution in [0.2, 0.25) is 0 Å². The molecular weight excluding hydrogens is 533 g/mol. The van der Waals surface area contributed by atoms with Crippen molar-refractivity contribution < 1.29 is 18.8 Å². The molecule has 2 amide bonds. The van der Waals surface area contributed by atoms with Gasteiger partial charge in [-0.15, -0.1) is 0 Å². The number of piperazine rings is 1. The highest BCUT2D eigenvalue weighted by molar-refractivity contribution is 5.84. The highest BCUT2D eigenvalue weighted by Crippen LogP contribution is 2.17. The Morgan fingerprint density at radius 1 is 1.14 bits per heavy atom. The zero-order valence-electron chi connectivity index (χ0n) is 25.2. The van der Waals surface area contributed by atoms with Gasteiger partial charge in [0.15, 0.2) is 0 Å². The third-order valence-corrected chi connectivity index (χ3v) is 7.82. The number of amides is 2. The number of pyridine rings is 1. The number of rotatable bonds is 12. The molecule has 1 aliphatic rings. The molecule has 1 aliphatic heterocycles. The summed E-state index contributed by atoms with van der Waals surface area (Å²) >= 11 is 0. The maximum absolute atomic E-state index is 12.9. The first-order valence-corrected chi connectivity index (χ1v) is 14.6. The standard InChI is InChI=1S/C24H34N4O2.C9H10FNO/c1-18-16-25-12-13-28(18)24(30)11-9-22(27(2)3)8-10-23(29)15-21-14-19-6-4-5-7-20(19)17-26-21;1-7-8(5-11-6-12)3-2-4-9(7)10/h4-7,14,17-18,22,25H,8-13,15-16H2,1-3H3;2-4,6H,5H2,1H3,(H,11,12). The number of nitrogens with one attached hydrogen (secondary N) is 2. The molecular formula is C33H44FN5O3. The second-order valence-electron chi connectivity index (χ2n) is 11.1. The van der Waals surface area contributed by atoms with E-state index in [-0.39, 0.29) is 29.6 Å². The summed E-state index contributed by atoms with van der Waals surface area (Å²) < 4.78 is 12.9. The van der Waals surface area contributed by atoms with Gasteiger partial charge in [-0.2, -0.15) is 0 Å². The first-order chi connectivity index (χ1) is 20.2. The van der Waals surface area contributed by atoms with Crippen LogP contribution in [0.15, 0.2) is 54.7 Å². The molecule has 9 heteroatoms. The molecule has 1 fully saturated rings. The second kappa shape index (κ2) is 16.7. The van der Waals surface area contributed by atoms with Crippen LogP contribution >= 0.6 is 0 Å². The minimum Gasteiger partial charge on any atom is -0.355 e. The third-order valence-electron chi connectivity index (χ3n) is 7.82. The lowest BCUT2D eigenvalue weighted by atomic mass is 10.00. The Kier molecular flexibility index (Phi) is 13.0. The quantitative estimate of drug-likeness (QED) is 0.316. The van der Waals surface area contributed by atoms with Gasteiger partial charge < -0.3 is 20.4 Å². The molecule has 42 heavy (non-hydrogen) atoms. The Morgan fingerprint density at radius 3 is 2.60 bits per heavy atom. The summed E-state index contributed by atoms with van der Waals surface area (Å²) in [6, 6.07) is 15.4. The fourth-order valence-corrected chi connectivity index (χ4v) is 5.15. The number of aromatic nitrogens is 1. The highest BCUT2D eigenvalue weighted by Gasteiger charge is 2.24. The summed E-state index contributed by atoms with van der Waals surface area (Å²) in [6.45, 7) is 6.67. The molecule has 2 N–H and O–H groups in total. The summed E-state index contributed by atoms with van der Waals surface area (Å²) in [6.07, 6.45) is 5.40. The van der Waals surface area contributed by atoms with Crippen molar-refractivity contribution in [3.05, 3.63) is 77.4 Å². The average molecular weight is 578 g/mol. The van der Waals surface area contributed by atoms with Crippen LogP contribution in [0, 0.1) is 12.7 Å². The summed E-state index contributed by atoms with van der Waals surface area (Å²) in [5, 5.41) is 8.01. The number of benzene rings is 2. The third kappa shape index (κ3) is 9.99. The van der Waals surface area contributed by atoms with E-state index in [1.807, 2.05) is 55.5 Å². The number of fused-ring (bicyclic) bond motifs is 1. The summed E-state index contributed by atoms with van der Waals surface area (Å²) in [4.78, 5) is 43.7. The highest BCUT2D eigenvalue weighted by atomic mass is 19.1. The minimum absolute atomic E-state index is 0.201. The zero-order chi connectivity index (χ0) is 30.5. The second-order valence-corrected chi connectivity index (χ2v) is 11.1. The van der Waals surface area contributed by atoms with E-state index >= 15 is 0 Å². The normalized spacial score (nSPS) is 15.6. The average Bonchev–Trinajstić information content (AvgIpc) is 2.98. The lowest BCUT2D eigenvalue weighted by Crippen LogP contribution is -2.52.